The minimum absolute atomic E-state index is 0. The zero-order valence-corrected chi connectivity index (χ0v) is 51.1. The number of carbonyl (C=O) groups excluding carboxylic acids is 7. The molecule has 26 nitrogen and oxygen atoms in total. The van der Waals surface area contributed by atoms with E-state index in [1.54, 1.807) is 62.3 Å². The van der Waals surface area contributed by atoms with E-state index >= 15 is 0 Å². The molecule has 3 saturated heterocycles. The summed E-state index contributed by atoms with van der Waals surface area (Å²) >= 11 is 0. The number of aliphatic carboxylic acids is 2. The standard InChI is InChI=1S/C19H32N2O6.C18H30N2O6.C13H23NO4.C6H11NO3.Li.H2O/c1-19(2,3)27-18(25)20-15(12-8-6-5-7-9-12)16(23)21-11-13(22)10-14(21)17(24)26-4;1-18(2,3)26-17(25)19-14(11-7-5-4-6-8-11)15(22)20-10-12(21)9-13(20)16(23)24;1-13(2,3)18-12(17)14-10(11(15)16)9-7-5-4-6-8-9;1-10-6(9)5-2-4(8)3-7-5;;/h12-15,22H,5-11H2,1-4H3,(H,20,25);11-14,21H,4-10H2,1-3H3,(H,19,25)(H,23,24);9-10H,4-8H2,1-3H3,(H,14,17)(H,15,16);4-5,7-8H,2-3H2,1H3;;1H2/q;;;;+1;/p-1. The van der Waals surface area contributed by atoms with Crippen LogP contribution in [0.1, 0.15) is 178 Å². The number of hydrogen-bond acceptors (Lipinski definition) is 19. The molecule has 3 aliphatic heterocycles. The van der Waals surface area contributed by atoms with Gasteiger partial charge in [-0.2, -0.15) is 0 Å². The molecule has 3 aliphatic carbocycles. The van der Waals surface area contributed by atoms with Gasteiger partial charge >= 0.3 is 61.0 Å². The van der Waals surface area contributed by atoms with E-state index in [1.807, 2.05) is 0 Å². The Kier molecular flexibility index (Phi) is 32.5. The van der Waals surface area contributed by atoms with E-state index in [9.17, 15) is 63.6 Å². The largest absolute Gasteiger partial charge is 1.00 e. The molecule has 6 rings (SSSR count). The van der Waals surface area contributed by atoms with E-state index in [1.165, 1.54) is 24.0 Å². The number of amides is 5. The molecule has 0 spiro atoms. The Hall–Kier alpha value is -4.97. The van der Waals surface area contributed by atoms with Crippen LogP contribution < -0.4 is 40.1 Å². The van der Waals surface area contributed by atoms with Crippen LogP contribution in [0.4, 0.5) is 14.4 Å². The number of nitrogens with zero attached hydrogens (tertiary/aromatic N) is 2. The molecule has 6 aliphatic rings. The summed E-state index contributed by atoms with van der Waals surface area (Å²) in [4.78, 5) is 111. The first-order chi connectivity index (χ1) is 37.7. The molecule has 0 radical (unpaired) electrons. The van der Waals surface area contributed by atoms with Crippen LogP contribution >= 0.6 is 0 Å². The first kappa shape index (κ1) is 76.0. The first-order valence-corrected chi connectivity index (χ1v) is 28.7. The van der Waals surface area contributed by atoms with Gasteiger partial charge in [-0.3, -0.25) is 14.4 Å². The molecule has 472 valence electrons. The molecule has 0 aromatic rings. The number of ether oxygens (including phenoxy) is 5. The van der Waals surface area contributed by atoms with Crippen LogP contribution in [-0.4, -0.2) is 200 Å². The zero-order valence-electron chi connectivity index (χ0n) is 51.1. The summed E-state index contributed by atoms with van der Waals surface area (Å²) in [5.41, 5.74) is -1.99. The third kappa shape index (κ3) is 26.9. The monoisotopic (exact) mass is 1180 g/mol. The third-order valence-electron chi connectivity index (χ3n) is 14.7. The Labute approximate surface area is 500 Å². The van der Waals surface area contributed by atoms with Gasteiger partial charge in [0.25, 0.3) is 0 Å². The van der Waals surface area contributed by atoms with Gasteiger partial charge in [0, 0.05) is 38.9 Å². The van der Waals surface area contributed by atoms with Gasteiger partial charge in [-0.05, 0) is 119 Å². The summed E-state index contributed by atoms with van der Waals surface area (Å²) < 4.78 is 25.0. The molecule has 0 aromatic heterocycles. The second-order valence-electron chi connectivity index (χ2n) is 24.9. The fourth-order valence-electron chi connectivity index (χ4n) is 11.0. The normalized spacial score (nSPS) is 24.2. The number of alkyl carbamates (subject to hydrolysis) is 3. The Morgan fingerprint density at radius 1 is 0.482 bits per heavy atom. The van der Waals surface area contributed by atoms with Crippen molar-refractivity contribution in [3.8, 4) is 0 Å². The molecule has 27 heteroatoms. The number of β-amino-alcohol motifs (C(OH)–C–C–N with tert-alkyl or cyclic N) is 3. The van der Waals surface area contributed by atoms with Gasteiger partial charge < -0.3 is 85.8 Å². The average molecular weight is 1180 g/mol. The molecule has 10 N–H and O–H groups in total. The molecule has 83 heavy (non-hydrogen) atoms. The van der Waals surface area contributed by atoms with Crippen LogP contribution in [-0.2, 0) is 52.5 Å². The van der Waals surface area contributed by atoms with E-state index < -0.39 is 107 Å². The Bertz CT molecular complexity index is 2080. The number of hydrogen-bond donors (Lipinski definition) is 9. The van der Waals surface area contributed by atoms with Gasteiger partial charge in [-0.15, -0.1) is 0 Å². The van der Waals surface area contributed by atoms with Gasteiger partial charge in [-0.25, -0.2) is 28.8 Å². The number of carboxylic acids is 2. The van der Waals surface area contributed by atoms with Crippen LogP contribution in [0.25, 0.3) is 0 Å². The number of aliphatic hydroxyl groups is 3. The molecule has 6 fully saturated rings. The number of aliphatic hydroxyl groups excluding tert-OH is 3. The Morgan fingerprint density at radius 2 is 0.807 bits per heavy atom. The number of esters is 2. The van der Waals surface area contributed by atoms with Crippen molar-refractivity contribution in [2.75, 3.05) is 33.9 Å². The second kappa shape index (κ2) is 35.5. The van der Waals surface area contributed by atoms with Crippen molar-refractivity contribution >= 4 is 54.0 Å². The molecule has 5 amide bonds. The summed E-state index contributed by atoms with van der Waals surface area (Å²) in [6, 6.07) is -4.65. The summed E-state index contributed by atoms with van der Waals surface area (Å²) in [6.07, 6.45) is 10.8. The van der Waals surface area contributed by atoms with Crippen LogP contribution in [0.15, 0.2) is 0 Å². The average Bonchev–Trinajstić information content (AvgIpc) is 4.33. The summed E-state index contributed by atoms with van der Waals surface area (Å²) in [5, 5.41) is 58.0. The van der Waals surface area contributed by atoms with Crippen molar-refractivity contribution in [3.63, 3.8) is 0 Å². The molecule has 9 atom stereocenters. The second-order valence-corrected chi connectivity index (χ2v) is 24.9. The Balaban J connectivity index is 0.000000576. The molecule has 9 unspecified atom stereocenters. The summed E-state index contributed by atoms with van der Waals surface area (Å²) in [5.74, 6) is -3.85. The minimum Gasteiger partial charge on any atom is -0.870 e. The van der Waals surface area contributed by atoms with Gasteiger partial charge in [0.15, 0.2) is 0 Å². The first-order valence-electron chi connectivity index (χ1n) is 28.7. The van der Waals surface area contributed by atoms with Gasteiger partial charge in [0.05, 0.1) is 32.5 Å². The number of nitrogens with one attached hydrogen (secondary N) is 4. The fraction of sp³-hybridized carbons (Fsp3) is 0.839. The van der Waals surface area contributed by atoms with E-state index in [0.29, 0.717) is 13.0 Å². The van der Waals surface area contributed by atoms with Gasteiger partial charge in [-0.1, -0.05) is 57.8 Å². The molecular weight excluding hydrogens is 1080 g/mol. The molecule has 0 bridgehead atoms. The van der Waals surface area contributed by atoms with Crippen LogP contribution in [0.2, 0.25) is 0 Å². The van der Waals surface area contributed by atoms with Crippen molar-refractivity contribution in [1.82, 2.24) is 31.1 Å². The molecule has 3 heterocycles. The quantitative estimate of drug-likeness (QED) is 0.0756. The number of rotatable bonds is 12. The zero-order chi connectivity index (χ0) is 61.0. The number of methoxy groups -OCH3 is 2. The SMILES string of the molecule is CC(C)(C)OC(=O)NC(C(=O)N1CC(O)CC1C(=O)O)C1CCCCC1.CC(C)(C)OC(=O)NC(C(=O)O)C1CCCCC1.COC(=O)C1CC(O)CN1.COC(=O)C1CC(O)CN1C(=O)C(NC(=O)OC(C)(C)C)C1CCCCC1.[Li+].[OH-]. The Morgan fingerprint density at radius 3 is 1.11 bits per heavy atom. The van der Waals surface area contributed by atoms with Crippen molar-refractivity contribution in [2.45, 2.75) is 249 Å². The van der Waals surface area contributed by atoms with Crippen molar-refractivity contribution in [1.29, 1.82) is 0 Å². The minimum atomic E-state index is -1.14. The van der Waals surface area contributed by atoms with Crippen LogP contribution in [0.3, 0.4) is 0 Å². The van der Waals surface area contributed by atoms with Crippen LogP contribution in [0.5, 0.6) is 0 Å². The van der Waals surface area contributed by atoms with E-state index in [-0.39, 0.29) is 85.9 Å². The molecular formula is C56H97LiN6O20. The summed E-state index contributed by atoms with van der Waals surface area (Å²) in [7, 11) is 2.60. The number of carboxylic acid groups (broad SMARTS) is 2. The predicted octanol–water partition coefficient (Wildman–Crippen LogP) is 1.36. The van der Waals surface area contributed by atoms with Crippen molar-refractivity contribution in [2.24, 2.45) is 17.8 Å². The summed E-state index contributed by atoms with van der Waals surface area (Å²) in [6.45, 7) is 16.3. The van der Waals surface area contributed by atoms with Crippen LogP contribution in [0, 0.1) is 17.8 Å². The van der Waals surface area contributed by atoms with Gasteiger partial charge in [0.1, 0.15) is 53.1 Å². The topological polar surface area (TPSA) is 386 Å². The number of carbonyl (C=O) groups is 9. The van der Waals surface area contributed by atoms with Crippen molar-refractivity contribution < 1.29 is 117 Å². The van der Waals surface area contributed by atoms with E-state index in [4.69, 9.17) is 24.1 Å². The smallest absolute Gasteiger partial charge is 0.870 e. The number of likely N-dealkylation sites (tertiary alicyclic amines) is 2. The fourth-order valence-corrected chi connectivity index (χ4v) is 11.0. The maximum absolute atomic E-state index is 13.3. The third-order valence-corrected chi connectivity index (χ3v) is 14.7. The molecule has 0 aromatic carbocycles. The van der Waals surface area contributed by atoms with E-state index in [0.717, 1.165) is 96.3 Å². The maximum Gasteiger partial charge on any atom is 1.00 e. The van der Waals surface area contributed by atoms with Crippen molar-refractivity contribution in [3.05, 3.63) is 0 Å². The van der Waals surface area contributed by atoms with E-state index in [2.05, 4.69) is 26.0 Å². The van der Waals surface area contributed by atoms with Gasteiger partial charge in [0.2, 0.25) is 11.8 Å². The molecule has 3 saturated carbocycles. The maximum atomic E-state index is 13.3. The predicted molar refractivity (Wildman–Crippen MR) is 295 cm³/mol.